The minimum absolute atomic E-state index is 0.0430. The molecule has 1 heterocycles. The molecule has 24 heavy (non-hydrogen) atoms. The summed E-state index contributed by atoms with van der Waals surface area (Å²) in [5, 5.41) is 6.06. The van der Waals surface area contributed by atoms with Gasteiger partial charge in [-0.1, -0.05) is 54.3 Å². The summed E-state index contributed by atoms with van der Waals surface area (Å²) in [6.45, 7) is 2.08. The van der Waals surface area contributed by atoms with Crippen LogP contribution >= 0.6 is 34.5 Å². The lowest BCUT2D eigenvalue weighted by molar-refractivity contribution is 0.0980. The number of unbranched alkanes of at least 4 members (excludes halogenated alkanes) is 2. The predicted molar refractivity (Wildman–Crippen MR) is 99.7 cm³/mol. The van der Waals surface area contributed by atoms with Gasteiger partial charge in [0, 0.05) is 17.0 Å². The number of hydrogen-bond donors (Lipinski definition) is 2. The molecule has 0 spiro atoms. The van der Waals surface area contributed by atoms with E-state index in [1.54, 1.807) is 18.2 Å². The fourth-order valence-electron chi connectivity index (χ4n) is 2.09. The number of benzene rings is 1. The molecule has 0 atom stereocenters. The van der Waals surface area contributed by atoms with Gasteiger partial charge in [0.25, 0.3) is 0 Å². The van der Waals surface area contributed by atoms with Crippen molar-refractivity contribution in [3.8, 4) is 0 Å². The number of amides is 2. The second-order valence-electron chi connectivity index (χ2n) is 5.12. The van der Waals surface area contributed by atoms with Crippen LogP contribution in [0.1, 0.15) is 43.0 Å². The molecule has 0 saturated carbocycles. The first-order chi connectivity index (χ1) is 11.5. The summed E-state index contributed by atoms with van der Waals surface area (Å²) in [6, 6.07) is 4.32. The molecule has 2 aromatic rings. The molecule has 8 heteroatoms. The molecule has 128 valence electrons. The Kier molecular flexibility index (Phi) is 7.02. The van der Waals surface area contributed by atoms with Crippen molar-refractivity contribution in [2.45, 2.75) is 32.6 Å². The summed E-state index contributed by atoms with van der Waals surface area (Å²) in [4.78, 5) is 28.4. The van der Waals surface area contributed by atoms with Crippen molar-refractivity contribution in [2.75, 3.05) is 10.6 Å². The Hall–Kier alpha value is -1.63. The monoisotopic (exact) mass is 385 g/mol. The lowest BCUT2D eigenvalue weighted by Gasteiger charge is -2.11. The van der Waals surface area contributed by atoms with Crippen LogP contribution in [0.4, 0.5) is 15.6 Å². The summed E-state index contributed by atoms with van der Waals surface area (Å²) in [5.41, 5.74) is 0.826. The highest BCUT2D eigenvalue weighted by Crippen LogP contribution is 2.25. The van der Waals surface area contributed by atoms with Crippen molar-refractivity contribution in [3.05, 3.63) is 39.3 Å². The summed E-state index contributed by atoms with van der Waals surface area (Å²) >= 11 is 12.9. The van der Waals surface area contributed by atoms with Crippen LogP contribution in [0.25, 0.3) is 0 Å². The lowest BCUT2D eigenvalue weighted by atomic mass is 10.0. The zero-order valence-electron chi connectivity index (χ0n) is 13.1. The molecule has 0 bridgehead atoms. The van der Waals surface area contributed by atoms with E-state index < -0.39 is 6.03 Å². The predicted octanol–water partition coefficient (Wildman–Crippen LogP) is 5.86. The van der Waals surface area contributed by atoms with Crippen LogP contribution in [-0.4, -0.2) is 16.8 Å². The number of anilines is 2. The van der Waals surface area contributed by atoms with Crippen LogP contribution < -0.4 is 10.6 Å². The van der Waals surface area contributed by atoms with Gasteiger partial charge in [-0.3, -0.25) is 10.1 Å². The number of carbonyl (C=O) groups is 2. The number of thiazole rings is 1. The van der Waals surface area contributed by atoms with Crippen LogP contribution in [-0.2, 0) is 0 Å². The second-order valence-corrected chi connectivity index (χ2v) is 7.22. The maximum absolute atomic E-state index is 12.4. The van der Waals surface area contributed by atoms with E-state index in [9.17, 15) is 9.59 Å². The van der Waals surface area contributed by atoms with Gasteiger partial charge >= 0.3 is 6.03 Å². The quantitative estimate of drug-likeness (QED) is 0.463. The van der Waals surface area contributed by atoms with Crippen LogP contribution in [0.5, 0.6) is 0 Å². The van der Waals surface area contributed by atoms with E-state index in [4.69, 9.17) is 23.2 Å². The normalized spacial score (nSPS) is 10.5. The van der Waals surface area contributed by atoms with Gasteiger partial charge in [-0.05, 0) is 24.6 Å². The Labute approximate surface area is 154 Å². The van der Waals surface area contributed by atoms with E-state index >= 15 is 0 Å². The first-order valence-corrected chi connectivity index (χ1v) is 9.09. The number of carbonyl (C=O) groups excluding carboxylic acids is 2. The Morgan fingerprint density at radius 2 is 2.00 bits per heavy atom. The van der Waals surface area contributed by atoms with E-state index in [0.717, 1.165) is 30.6 Å². The van der Waals surface area contributed by atoms with Crippen LogP contribution in [0.3, 0.4) is 0 Å². The number of nitrogens with zero attached hydrogens (tertiary/aromatic N) is 1. The first-order valence-electron chi connectivity index (χ1n) is 7.51. The number of hydrogen-bond acceptors (Lipinski definition) is 4. The lowest BCUT2D eigenvalue weighted by Crippen LogP contribution is -2.21. The molecule has 1 aromatic heterocycles. The molecule has 0 radical (unpaired) electrons. The number of urea groups is 1. The van der Waals surface area contributed by atoms with E-state index in [-0.39, 0.29) is 5.78 Å². The smallest absolute Gasteiger partial charge is 0.307 e. The average Bonchev–Trinajstić information content (AvgIpc) is 2.94. The van der Waals surface area contributed by atoms with Crippen molar-refractivity contribution in [1.82, 2.24) is 4.98 Å². The molecule has 0 aliphatic rings. The van der Waals surface area contributed by atoms with Gasteiger partial charge in [0.15, 0.2) is 10.9 Å². The third-order valence-electron chi connectivity index (χ3n) is 3.24. The van der Waals surface area contributed by atoms with E-state index in [0.29, 0.717) is 32.2 Å². The van der Waals surface area contributed by atoms with Crippen molar-refractivity contribution >= 4 is 57.2 Å². The summed E-state index contributed by atoms with van der Waals surface area (Å²) in [7, 11) is 0. The van der Waals surface area contributed by atoms with Gasteiger partial charge < -0.3 is 5.32 Å². The highest BCUT2D eigenvalue weighted by Gasteiger charge is 2.15. The van der Waals surface area contributed by atoms with Crippen molar-refractivity contribution in [2.24, 2.45) is 0 Å². The number of rotatable bonds is 7. The summed E-state index contributed by atoms with van der Waals surface area (Å²) < 4.78 is 0.476. The molecule has 0 unspecified atom stereocenters. The molecular weight excluding hydrogens is 369 g/mol. The molecular formula is C16H17Cl2N3O2S. The zero-order valence-corrected chi connectivity index (χ0v) is 15.4. The maximum Gasteiger partial charge on any atom is 0.325 e. The third-order valence-corrected chi connectivity index (χ3v) is 4.50. The van der Waals surface area contributed by atoms with Crippen LogP contribution in [0.15, 0.2) is 24.4 Å². The largest absolute Gasteiger partial charge is 0.325 e. The molecule has 0 aliphatic carbocycles. The molecule has 2 rings (SSSR count). The van der Waals surface area contributed by atoms with Gasteiger partial charge in [-0.15, -0.1) is 0 Å². The first kappa shape index (κ1) is 18.7. The number of aromatic nitrogens is 1. The maximum atomic E-state index is 12.4. The Morgan fingerprint density at radius 1 is 1.21 bits per heavy atom. The van der Waals surface area contributed by atoms with Crippen LogP contribution in [0.2, 0.25) is 9.36 Å². The molecule has 0 fully saturated rings. The number of halogens is 2. The molecule has 1 aromatic carbocycles. The van der Waals surface area contributed by atoms with Crippen LogP contribution in [0, 0.1) is 0 Å². The SMILES string of the molecule is CCCCCC(=O)c1cc(Cl)ccc1NC(=O)Nc1ncc(Cl)s1. The minimum Gasteiger partial charge on any atom is -0.307 e. The molecule has 5 nitrogen and oxygen atoms in total. The number of ketones is 1. The molecule has 2 amide bonds. The second kappa shape index (κ2) is 9.01. The molecule has 0 saturated heterocycles. The summed E-state index contributed by atoms with van der Waals surface area (Å²) in [6.07, 6.45) is 4.71. The van der Waals surface area contributed by atoms with Gasteiger partial charge in [0.1, 0.15) is 4.34 Å². The van der Waals surface area contributed by atoms with Crippen molar-refractivity contribution in [1.29, 1.82) is 0 Å². The van der Waals surface area contributed by atoms with E-state index in [1.807, 2.05) is 0 Å². The Morgan fingerprint density at radius 3 is 2.67 bits per heavy atom. The average molecular weight is 386 g/mol. The fraction of sp³-hybridized carbons (Fsp3) is 0.312. The van der Waals surface area contributed by atoms with Crippen molar-refractivity contribution < 1.29 is 9.59 Å². The van der Waals surface area contributed by atoms with Crippen molar-refractivity contribution in [3.63, 3.8) is 0 Å². The molecule has 0 aliphatic heterocycles. The van der Waals surface area contributed by atoms with E-state index in [1.165, 1.54) is 6.20 Å². The zero-order chi connectivity index (χ0) is 17.5. The standard InChI is InChI=1S/C16H17Cl2N3O2S/c1-2-3-4-5-13(22)11-8-10(17)6-7-12(11)20-15(23)21-16-19-9-14(18)24-16/h6-9H,2-5H2,1H3,(H2,19,20,21,23). The third kappa shape index (κ3) is 5.47. The highest BCUT2D eigenvalue weighted by atomic mass is 35.5. The van der Waals surface area contributed by atoms with Gasteiger partial charge in [0.2, 0.25) is 0 Å². The van der Waals surface area contributed by atoms with E-state index in [2.05, 4.69) is 22.5 Å². The Balaban J connectivity index is 2.08. The van der Waals surface area contributed by atoms with Gasteiger partial charge in [-0.25, -0.2) is 9.78 Å². The highest BCUT2D eigenvalue weighted by molar-refractivity contribution is 7.19. The number of nitrogens with one attached hydrogen (secondary N) is 2. The molecule has 2 N–H and O–H groups in total. The van der Waals surface area contributed by atoms with Gasteiger partial charge in [-0.2, -0.15) is 0 Å². The topological polar surface area (TPSA) is 71.1 Å². The van der Waals surface area contributed by atoms with Gasteiger partial charge in [0.05, 0.1) is 11.9 Å². The number of Topliss-reactive ketones (excluding diaryl/α,β-unsaturated/α-hetero) is 1. The minimum atomic E-state index is -0.494. The fourth-order valence-corrected chi connectivity index (χ4v) is 3.07. The summed E-state index contributed by atoms with van der Waals surface area (Å²) in [5.74, 6) is -0.0430. The Bertz CT molecular complexity index is 734.